The van der Waals surface area contributed by atoms with E-state index >= 15 is 0 Å². The molecule has 1 heterocycles. The van der Waals surface area contributed by atoms with Gasteiger partial charge >= 0.3 is 0 Å². The molecular formula is C15H15NO3. The predicted molar refractivity (Wildman–Crippen MR) is 73.4 cm³/mol. The lowest BCUT2D eigenvalue weighted by Gasteiger charge is -2.12. The maximum absolute atomic E-state index is 11.2. The van der Waals surface area contributed by atoms with Gasteiger partial charge in [-0.25, -0.2) is 0 Å². The standard InChI is InChI=1S/C15H15NO3/c1-4-12(9-16-3)18-13-5-6-14-11(7-13)8-15(19-14)10(2)17/h1,5-8,12,16H,9H2,2-3H3. The molecule has 1 aromatic heterocycles. The van der Waals surface area contributed by atoms with Crippen LogP contribution < -0.4 is 10.1 Å². The van der Waals surface area contributed by atoms with Crippen LogP contribution in [0.4, 0.5) is 0 Å². The molecule has 0 saturated heterocycles. The lowest BCUT2D eigenvalue weighted by atomic mass is 10.2. The number of benzene rings is 1. The van der Waals surface area contributed by atoms with Crippen molar-refractivity contribution in [2.75, 3.05) is 13.6 Å². The molecule has 1 unspecified atom stereocenters. The van der Waals surface area contributed by atoms with Gasteiger partial charge in [0.25, 0.3) is 0 Å². The molecule has 0 bridgehead atoms. The van der Waals surface area contributed by atoms with Crippen molar-refractivity contribution in [3.8, 4) is 18.1 Å². The fraction of sp³-hybridized carbons (Fsp3) is 0.267. The number of hydrogen-bond donors (Lipinski definition) is 1. The number of likely N-dealkylation sites (N-methyl/N-ethyl adjacent to an activating group) is 1. The molecule has 98 valence electrons. The number of carbonyl (C=O) groups excluding carboxylic acids is 1. The highest BCUT2D eigenvalue weighted by Gasteiger charge is 2.10. The van der Waals surface area contributed by atoms with Gasteiger partial charge in [-0.2, -0.15) is 0 Å². The Kier molecular flexibility index (Phi) is 3.88. The lowest BCUT2D eigenvalue weighted by Crippen LogP contribution is -2.27. The summed E-state index contributed by atoms with van der Waals surface area (Å²) in [6.45, 7) is 2.04. The fourth-order valence-electron chi connectivity index (χ4n) is 1.75. The zero-order valence-corrected chi connectivity index (χ0v) is 10.9. The van der Waals surface area contributed by atoms with Crippen molar-refractivity contribution in [2.24, 2.45) is 0 Å². The first-order chi connectivity index (χ1) is 9.13. The number of terminal acetylenes is 1. The van der Waals surface area contributed by atoms with Crippen LogP contribution in [0.5, 0.6) is 5.75 Å². The van der Waals surface area contributed by atoms with Crippen LogP contribution in [-0.4, -0.2) is 25.5 Å². The van der Waals surface area contributed by atoms with E-state index in [2.05, 4.69) is 11.2 Å². The number of furan rings is 1. The van der Waals surface area contributed by atoms with Crippen molar-refractivity contribution in [2.45, 2.75) is 13.0 Å². The highest BCUT2D eigenvalue weighted by molar-refractivity contribution is 5.96. The number of ether oxygens (including phenoxy) is 1. The van der Waals surface area contributed by atoms with E-state index in [1.54, 1.807) is 18.2 Å². The molecule has 2 aromatic rings. The summed E-state index contributed by atoms with van der Waals surface area (Å²) in [5.41, 5.74) is 0.656. The van der Waals surface area contributed by atoms with Gasteiger partial charge in [0.05, 0.1) is 0 Å². The van der Waals surface area contributed by atoms with E-state index in [0.29, 0.717) is 23.6 Å². The molecule has 0 spiro atoms. The summed E-state index contributed by atoms with van der Waals surface area (Å²) in [6, 6.07) is 7.05. The Hall–Kier alpha value is -2.25. The summed E-state index contributed by atoms with van der Waals surface area (Å²) in [6.07, 6.45) is 5.05. The summed E-state index contributed by atoms with van der Waals surface area (Å²) >= 11 is 0. The van der Waals surface area contributed by atoms with Gasteiger partial charge in [-0.15, -0.1) is 6.42 Å². The monoisotopic (exact) mass is 257 g/mol. The largest absolute Gasteiger partial charge is 0.476 e. The van der Waals surface area contributed by atoms with E-state index in [0.717, 1.165) is 5.39 Å². The molecular weight excluding hydrogens is 242 g/mol. The maximum Gasteiger partial charge on any atom is 0.194 e. The highest BCUT2D eigenvalue weighted by atomic mass is 16.5. The van der Waals surface area contributed by atoms with Gasteiger partial charge in [0.2, 0.25) is 0 Å². The minimum Gasteiger partial charge on any atom is -0.476 e. The summed E-state index contributed by atoms with van der Waals surface area (Å²) in [5.74, 6) is 3.46. The predicted octanol–water partition coefficient (Wildman–Crippen LogP) is 2.24. The summed E-state index contributed by atoms with van der Waals surface area (Å²) < 4.78 is 11.1. The molecule has 0 aliphatic heterocycles. The molecule has 4 heteroatoms. The Labute approximate surface area is 111 Å². The van der Waals surface area contributed by atoms with Gasteiger partial charge in [-0.05, 0) is 31.3 Å². The second-order valence-electron chi connectivity index (χ2n) is 4.20. The molecule has 2 rings (SSSR count). The van der Waals surface area contributed by atoms with Crippen LogP contribution in [0.2, 0.25) is 0 Å². The average Bonchev–Trinajstić information content (AvgIpc) is 2.81. The fourth-order valence-corrected chi connectivity index (χ4v) is 1.75. The normalized spacial score (nSPS) is 12.1. The third-order valence-corrected chi connectivity index (χ3v) is 2.69. The molecule has 4 nitrogen and oxygen atoms in total. The van der Waals surface area contributed by atoms with Crippen molar-refractivity contribution >= 4 is 16.8 Å². The lowest BCUT2D eigenvalue weighted by molar-refractivity contribution is 0.0989. The van der Waals surface area contributed by atoms with Gasteiger partial charge in [-0.1, -0.05) is 5.92 Å². The molecule has 0 aliphatic rings. The van der Waals surface area contributed by atoms with Crippen LogP contribution in [0.15, 0.2) is 28.7 Å². The van der Waals surface area contributed by atoms with E-state index in [4.69, 9.17) is 15.6 Å². The van der Waals surface area contributed by atoms with Gasteiger partial charge in [0.1, 0.15) is 11.3 Å². The zero-order valence-electron chi connectivity index (χ0n) is 10.9. The van der Waals surface area contributed by atoms with Crippen LogP contribution in [0.1, 0.15) is 17.5 Å². The second-order valence-corrected chi connectivity index (χ2v) is 4.20. The molecule has 0 aliphatic carbocycles. The van der Waals surface area contributed by atoms with Crippen molar-refractivity contribution in [1.29, 1.82) is 0 Å². The Bertz CT molecular complexity index is 636. The number of Topliss-reactive ketones (excluding diaryl/α,β-unsaturated/α-hetero) is 1. The first-order valence-electron chi connectivity index (χ1n) is 5.96. The second kappa shape index (κ2) is 5.59. The van der Waals surface area contributed by atoms with Crippen molar-refractivity contribution in [1.82, 2.24) is 5.32 Å². The number of fused-ring (bicyclic) bond motifs is 1. The van der Waals surface area contributed by atoms with Crippen LogP contribution in [0, 0.1) is 12.3 Å². The SMILES string of the molecule is C#CC(CNC)Oc1ccc2oc(C(C)=O)cc2c1. The van der Waals surface area contributed by atoms with Gasteiger partial charge < -0.3 is 14.5 Å². The van der Waals surface area contributed by atoms with E-state index < -0.39 is 0 Å². The van der Waals surface area contributed by atoms with Crippen LogP contribution >= 0.6 is 0 Å². The van der Waals surface area contributed by atoms with E-state index in [1.807, 2.05) is 13.1 Å². The molecule has 0 saturated carbocycles. The first kappa shape index (κ1) is 13.2. The number of hydrogen-bond acceptors (Lipinski definition) is 4. The van der Waals surface area contributed by atoms with Crippen LogP contribution in [-0.2, 0) is 0 Å². The first-order valence-corrected chi connectivity index (χ1v) is 5.96. The molecule has 0 fully saturated rings. The molecule has 1 aromatic carbocycles. The van der Waals surface area contributed by atoms with Gasteiger partial charge in [0, 0.05) is 18.9 Å². The Balaban J connectivity index is 2.26. The van der Waals surface area contributed by atoms with Crippen LogP contribution in [0.3, 0.4) is 0 Å². The number of rotatable bonds is 5. The minimum atomic E-state index is -0.332. The van der Waals surface area contributed by atoms with Crippen molar-refractivity contribution < 1.29 is 13.9 Å². The topological polar surface area (TPSA) is 51.5 Å². The van der Waals surface area contributed by atoms with E-state index in [9.17, 15) is 4.79 Å². The minimum absolute atomic E-state index is 0.102. The quantitative estimate of drug-likeness (QED) is 0.659. The third kappa shape index (κ3) is 2.95. The Morgan fingerprint density at radius 3 is 2.95 bits per heavy atom. The highest BCUT2D eigenvalue weighted by Crippen LogP contribution is 2.25. The van der Waals surface area contributed by atoms with Gasteiger partial charge in [0.15, 0.2) is 17.6 Å². The number of carbonyl (C=O) groups is 1. The molecule has 0 amide bonds. The summed E-state index contributed by atoms with van der Waals surface area (Å²) in [4.78, 5) is 11.2. The maximum atomic E-state index is 11.2. The van der Waals surface area contributed by atoms with Gasteiger partial charge in [-0.3, -0.25) is 4.79 Å². The van der Waals surface area contributed by atoms with Crippen molar-refractivity contribution in [3.05, 3.63) is 30.0 Å². The van der Waals surface area contributed by atoms with Crippen molar-refractivity contribution in [3.63, 3.8) is 0 Å². The van der Waals surface area contributed by atoms with E-state index in [-0.39, 0.29) is 11.9 Å². The molecule has 1 N–H and O–H groups in total. The third-order valence-electron chi connectivity index (χ3n) is 2.69. The number of nitrogens with one attached hydrogen (secondary N) is 1. The average molecular weight is 257 g/mol. The van der Waals surface area contributed by atoms with E-state index in [1.165, 1.54) is 6.92 Å². The smallest absolute Gasteiger partial charge is 0.194 e. The Morgan fingerprint density at radius 1 is 1.53 bits per heavy atom. The molecule has 19 heavy (non-hydrogen) atoms. The van der Waals surface area contributed by atoms with Crippen LogP contribution in [0.25, 0.3) is 11.0 Å². The Morgan fingerprint density at radius 2 is 2.32 bits per heavy atom. The zero-order chi connectivity index (χ0) is 13.8. The molecule has 1 atom stereocenters. The number of ketones is 1. The summed E-state index contributed by atoms with van der Waals surface area (Å²) in [7, 11) is 1.81. The summed E-state index contributed by atoms with van der Waals surface area (Å²) in [5, 5.41) is 3.79. The molecule has 0 radical (unpaired) electrons.